The average Bonchev–Trinajstić information content (AvgIpc) is 2.31. The molecule has 0 amide bonds. The lowest BCUT2D eigenvalue weighted by atomic mass is 10.2. The Hall–Kier alpha value is -1.07. The van der Waals surface area contributed by atoms with Crippen molar-refractivity contribution in [3.8, 4) is 5.75 Å². The first-order chi connectivity index (χ1) is 8.43. The highest BCUT2D eigenvalue weighted by atomic mass is 35.5. The zero-order chi connectivity index (χ0) is 13.7. The lowest BCUT2D eigenvalue weighted by Crippen LogP contribution is -2.29. The van der Waals surface area contributed by atoms with Crippen molar-refractivity contribution < 1.29 is 18.3 Å². The minimum atomic E-state index is -2.88. The molecule has 18 heavy (non-hydrogen) atoms. The molecule has 0 fully saturated rings. The standard InChI is InChI=1S/C12H16ClF2NO2/c1-7(8(2)17-3)16-9-4-5-11(10(13)6-9)18-12(14)15/h4-8,12,16H,1-3H3. The molecular formula is C12H16ClF2NO2. The maximum atomic E-state index is 12.0. The second-order valence-electron chi connectivity index (χ2n) is 3.90. The number of methoxy groups -OCH3 is 1. The quantitative estimate of drug-likeness (QED) is 0.860. The molecule has 6 heteroatoms. The van der Waals surface area contributed by atoms with E-state index in [1.165, 1.54) is 12.1 Å². The summed E-state index contributed by atoms with van der Waals surface area (Å²) in [5.74, 6) is -0.0374. The van der Waals surface area contributed by atoms with Gasteiger partial charge in [0.1, 0.15) is 5.75 Å². The molecule has 102 valence electrons. The maximum absolute atomic E-state index is 12.0. The zero-order valence-electron chi connectivity index (χ0n) is 10.4. The summed E-state index contributed by atoms with van der Waals surface area (Å²) in [5.41, 5.74) is 0.720. The van der Waals surface area contributed by atoms with Crippen molar-refractivity contribution in [1.29, 1.82) is 0 Å². The first kappa shape index (κ1) is 15.0. The van der Waals surface area contributed by atoms with Crippen LogP contribution in [0.1, 0.15) is 13.8 Å². The Morgan fingerprint density at radius 2 is 1.94 bits per heavy atom. The third-order valence-corrected chi connectivity index (χ3v) is 2.91. The number of ether oxygens (including phenoxy) is 2. The molecule has 2 unspecified atom stereocenters. The molecule has 0 aromatic heterocycles. The minimum Gasteiger partial charge on any atom is -0.433 e. The monoisotopic (exact) mass is 279 g/mol. The predicted molar refractivity (Wildman–Crippen MR) is 67.6 cm³/mol. The highest BCUT2D eigenvalue weighted by molar-refractivity contribution is 6.32. The van der Waals surface area contributed by atoms with Gasteiger partial charge in [-0.15, -0.1) is 0 Å². The van der Waals surface area contributed by atoms with Crippen molar-refractivity contribution in [1.82, 2.24) is 0 Å². The molecule has 0 aliphatic heterocycles. The summed E-state index contributed by atoms with van der Waals surface area (Å²) in [5, 5.41) is 3.30. The van der Waals surface area contributed by atoms with Crippen LogP contribution in [0.4, 0.5) is 14.5 Å². The molecule has 0 aliphatic carbocycles. The lowest BCUT2D eigenvalue weighted by molar-refractivity contribution is -0.0497. The van der Waals surface area contributed by atoms with Crippen LogP contribution in [0, 0.1) is 0 Å². The second-order valence-corrected chi connectivity index (χ2v) is 4.30. The SMILES string of the molecule is COC(C)C(C)Nc1ccc(OC(F)F)c(Cl)c1. The van der Waals surface area contributed by atoms with Gasteiger partial charge in [-0.05, 0) is 32.0 Å². The van der Waals surface area contributed by atoms with Gasteiger partial charge in [0.2, 0.25) is 0 Å². The molecule has 2 atom stereocenters. The van der Waals surface area contributed by atoms with Crippen molar-refractivity contribution in [2.24, 2.45) is 0 Å². The fourth-order valence-corrected chi connectivity index (χ4v) is 1.59. The molecule has 1 aromatic carbocycles. The fourth-order valence-electron chi connectivity index (χ4n) is 1.37. The highest BCUT2D eigenvalue weighted by Crippen LogP contribution is 2.29. The molecular weight excluding hydrogens is 264 g/mol. The number of alkyl halides is 2. The van der Waals surface area contributed by atoms with E-state index in [0.717, 1.165) is 5.69 Å². The Bertz CT molecular complexity index is 390. The van der Waals surface area contributed by atoms with E-state index in [9.17, 15) is 8.78 Å². The van der Waals surface area contributed by atoms with Gasteiger partial charge in [-0.2, -0.15) is 8.78 Å². The Kier molecular flexibility index (Phi) is 5.62. The van der Waals surface area contributed by atoms with Crippen molar-refractivity contribution in [2.75, 3.05) is 12.4 Å². The van der Waals surface area contributed by atoms with E-state index in [4.69, 9.17) is 16.3 Å². The van der Waals surface area contributed by atoms with Crippen LogP contribution in [0.3, 0.4) is 0 Å². The van der Waals surface area contributed by atoms with Crippen LogP contribution in [0.5, 0.6) is 5.75 Å². The van der Waals surface area contributed by atoms with E-state index in [2.05, 4.69) is 10.1 Å². The summed E-state index contributed by atoms with van der Waals surface area (Å²) in [6.45, 7) is 0.993. The van der Waals surface area contributed by atoms with Crippen molar-refractivity contribution in [2.45, 2.75) is 32.6 Å². The van der Waals surface area contributed by atoms with Gasteiger partial charge in [-0.25, -0.2) is 0 Å². The van der Waals surface area contributed by atoms with Crippen LogP contribution in [-0.2, 0) is 4.74 Å². The molecule has 0 aliphatic rings. The first-order valence-corrected chi connectivity index (χ1v) is 5.85. The van der Waals surface area contributed by atoms with Gasteiger partial charge in [0.25, 0.3) is 0 Å². The topological polar surface area (TPSA) is 30.5 Å². The van der Waals surface area contributed by atoms with Crippen LogP contribution in [-0.4, -0.2) is 25.9 Å². The van der Waals surface area contributed by atoms with Crippen LogP contribution in [0.25, 0.3) is 0 Å². The third kappa shape index (κ3) is 4.31. The van der Waals surface area contributed by atoms with E-state index in [1.807, 2.05) is 13.8 Å². The van der Waals surface area contributed by atoms with Crippen molar-refractivity contribution >= 4 is 17.3 Å². The lowest BCUT2D eigenvalue weighted by Gasteiger charge is -2.21. The molecule has 3 nitrogen and oxygen atoms in total. The van der Waals surface area contributed by atoms with Crippen LogP contribution < -0.4 is 10.1 Å². The normalized spacial score (nSPS) is 14.4. The number of anilines is 1. The largest absolute Gasteiger partial charge is 0.433 e. The first-order valence-electron chi connectivity index (χ1n) is 5.47. The summed E-state index contributed by atoms with van der Waals surface area (Å²) in [4.78, 5) is 0. The second kappa shape index (κ2) is 6.75. The maximum Gasteiger partial charge on any atom is 0.387 e. The van der Waals surface area contributed by atoms with E-state index in [-0.39, 0.29) is 22.9 Å². The van der Waals surface area contributed by atoms with Crippen molar-refractivity contribution in [3.05, 3.63) is 23.2 Å². The van der Waals surface area contributed by atoms with Crippen molar-refractivity contribution in [3.63, 3.8) is 0 Å². The Morgan fingerprint density at radius 3 is 2.44 bits per heavy atom. The summed E-state index contributed by atoms with van der Waals surface area (Å²) in [7, 11) is 1.62. The van der Waals surface area contributed by atoms with E-state index < -0.39 is 6.61 Å². The third-order valence-electron chi connectivity index (χ3n) is 2.62. The fraction of sp³-hybridized carbons (Fsp3) is 0.500. The number of hydrogen-bond donors (Lipinski definition) is 1. The Morgan fingerprint density at radius 1 is 1.28 bits per heavy atom. The van der Waals surface area contributed by atoms with Gasteiger partial charge in [0.05, 0.1) is 11.1 Å². The van der Waals surface area contributed by atoms with Gasteiger partial charge >= 0.3 is 6.61 Å². The molecule has 0 heterocycles. The Labute approximate surface area is 110 Å². The van der Waals surface area contributed by atoms with E-state index in [1.54, 1.807) is 13.2 Å². The highest BCUT2D eigenvalue weighted by Gasteiger charge is 2.13. The van der Waals surface area contributed by atoms with Gasteiger partial charge in [-0.1, -0.05) is 11.6 Å². The summed E-state index contributed by atoms with van der Waals surface area (Å²) in [6, 6.07) is 4.63. The molecule has 0 spiro atoms. The van der Waals surface area contributed by atoms with Crippen LogP contribution >= 0.6 is 11.6 Å². The smallest absolute Gasteiger partial charge is 0.387 e. The molecule has 1 aromatic rings. The molecule has 0 saturated carbocycles. The molecule has 0 radical (unpaired) electrons. The minimum absolute atomic E-state index is 0.0146. The number of rotatable bonds is 6. The summed E-state index contributed by atoms with van der Waals surface area (Å²) < 4.78 is 33.5. The van der Waals surface area contributed by atoms with E-state index >= 15 is 0 Å². The van der Waals surface area contributed by atoms with Gasteiger partial charge in [0.15, 0.2) is 0 Å². The van der Waals surface area contributed by atoms with Gasteiger partial charge in [0, 0.05) is 18.8 Å². The van der Waals surface area contributed by atoms with E-state index in [0.29, 0.717) is 0 Å². The predicted octanol–water partition coefficient (Wildman–Crippen LogP) is 3.78. The van der Waals surface area contributed by atoms with Crippen LogP contribution in [0.15, 0.2) is 18.2 Å². The molecule has 1 N–H and O–H groups in total. The average molecular weight is 280 g/mol. The summed E-state index contributed by atoms with van der Waals surface area (Å²) >= 11 is 5.84. The van der Waals surface area contributed by atoms with Gasteiger partial charge < -0.3 is 14.8 Å². The number of nitrogens with one attached hydrogen (secondary N) is 1. The number of benzene rings is 1. The van der Waals surface area contributed by atoms with Crippen LogP contribution in [0.2, 0.25) is 5.02 Å². The number of halogens is 3. The van der Waals surface area contributed by atoms with Gasteiger partial charge in [-0.3, -0.25) is 0 Å². The molecule has 1 rings (SSSR count). The zero-order valence-corrected chi connectivity index (χ0v) is 11.2. The summed E-state index contributed by atoms with van der Waals surface area (Å²) in [6.07, 6.45) is 0.0146. The Balaban J connectivity index is 2.72. The number of hydrogen-bond acceptors (Lipinski definition) is 3. The molecule has 0 saturated heterocycles. The molecule has 0 bridgehead atoms.